The van der Waals surface area contributed by atoms with E-state index >= 15 is 4.39 Å². The molecule has 202 valence electrons. The van der Waals surface area contributed by atoms with E-state index in [1.165, 1.54) is 0 Å². The van der Waals surface area contributed by atoms with Crippen molar-refractivity contribution in [3.05, 3.63) is 52.8 Å². The Kier molecular flexibility index (Phi) is 6.60. The Morgan fingerprint density at radius 3 is 2.50 bits per heavy atom. The number of carbonyl (C=O) groups excluding carboxylic acids is 1. The van der Waals surface area contributed by atoms with Gasteiger partial charge in [0.05, 0.1) is 40.4 Å². The summed E-state index contributed by atoms with van der Waals surface area (Å²) in [6, 6.07) is 6.18. The Morgan fingerprint density at radius 2 is 1.84 bits per heavy atom. The summed E-state index contributed by atoms with van der Waals surface area (Å²) < 4.78 is 84.7. The van der Waals surface area contributed by atoms with E-state index in [0.29, 0.717) is 10.6 Å². The molecule has 5 rings (SSSR count). The summed E-state index contributed by atoms with van der Waals surface area (Å²) in [4.78, 5) is 13.8. The number of hydrogen-bond donors (Lipinski definition) is 2. The lowest BCUT2D eigenvalue weighted by molar-refractivity contribution is -0.195. The number of alkyl halides is 3. The van der Waals surface area contributed by atoms with Crippen molar-refractivity contribution in [3.63, 3.8) is 0 Å². The summed E-state index contributed by atoms with van der Waals surface area (Å²) in [5.74, 6) is -4.22. The topological polar surface area (TPSA) is 131 Å². The Labute approximate surface area is 218 Å². The highest BCUT2D eigenvalue weighted by atomic mass is 35.5. The van der Waals surface area contributed by atoms with Gasteiger partial charge in [-0.25, -0.2) is 12.8 Å². The fourth-order valence-corrected chi connectivity index (χ4v) is 6.08. The third-order valence-corrected chi connectivity index (χ3v) is 8.54. The molecule has 1 aliphatic heterocycles. The zero-order valence-electron chi connectivity index (χ0n) is 19.4. The number of halogens is 5. The third-order valence-electron chi connectivity index (χ3n) is 6.49. The number of nitrogens with one attached hydrogen (secondary N) is 1. The van der Waals surface area contributed by atoms with Crippen LogP contribution in [0.15, 0.2) is 45.7 Å². The zero-order chi connectivity index (χ0) is 27.4. The van der Waals surface area contributed by atoms with Crippen molar-refractivity contribution in [2.75, 3.05) is 16.0 Å². The quantitative estimate of drug-likeness (QED) is 0.439. The first kappa shape index (κ1) is 26.4. The van der Waals surface area contributed by atoms with Crippen molar-refractivity contribution in [3.8, 4) is 11.5 Å². The van der Waals surface area contributed by atoms with Crippen LogP contribution in [-0.2, 0) is 21.2 Å². The van der Waals surface area contributed by atoms with Crippen molar-refractivity contribution in [2.24, 2.45) is 11.7 Å². The largest absolute Gasteiger partial charge is 0.403 e. The Balaban J connectivity index is 1.49. The molecule has 3 aromatic rings. The van der Waals surface area contributed by atoms with E-state index in [1.807, 2.05) is 0 Å². The molecule has 3 N–H and O–H groups in total. The SMILES string of the molecule is N[C@H]1CS(=O)(=O)c2cc(F)c(-c3nnc(NC4CC(C(F)(F)F)C4)o3)cc2N(Cc2ccc(Cl)cc2)C1=O. The van der Waals surface area contributed by atoms with Crippen LogP contribution in [0.3, 0.4) is 0 Å². The highest BCUT2D eigenvalue weighted by molar-refractivity contribution is 7.91. The van der Waals surface area contributed by atoms with E-state index in [1.54, 1.807) is 24.3 Å². The molecule has 0 saturated heterocycles. The lowest BCUT2D eigenvalue weighted by atomic mass is 9.80. The van der Waals surface area contributed by atoms with Gasteiger partial charge in [0.15, 0.2) is 9.84 Å². The molecule has 1 atom stereocenters. The molecule has 0 unspecified atom stereocenters. The van der Waals surface area contributed by atoms with Crippen LogP contribution < -0.4 is 16.0 Å². The summed E-state index contributed by atoms with van der Waals surface area (Å²) in [6.45, 7) is -0.0873. The molecular formula is C23H20ClF4N5O4S. The predicted molar refractivity (Wildman–Crippen MR) is 129 cm³/mol. The fraction of sp³-hybridized carbons (Fsp3) is 0.348. The molecule has 1 fully saturated rings. The Bertz CT molecular complexity index is 1490. The predicted octanol–water partition coefficient (Wildman–Crippen LogP) is 3.93. The van der Waals surface area contributed by atoms with E-state index in [2.05, 4.69) is 15.5 Å². The number of rotatable bonds is 5. The number of nitrogens with two attached hydrogens (primary N) is 1. The minimum atomic E-state index is -4.29. The molecular weight excluding hydrogens is 554 g/mol. The maximum absolute atomic E-state index is 15.2. The zero-order valence-corrected chi connectivity index (χ0v) is 20.9. The van der Waals surface area contributed by atoms with E-state index in [9.17, 15) is 26.4 Å². The van der Waals surface area contributed by atoms with Crippen molar-refractivity contribution < 1.29 is 35.2 Å². The molecule has 2 aliphatic rings. The first-order valence-corrected chi connectivity index (χ1v) is 13.4. The highest BCUT2D eigenvalue weighted by Crippen LogP contribution is 2.42. The third kappa shape index (κ3) is 5.07. The van der Waals surface area contributed by atoms with Gasteiger partial charge in [-0.2, -0.15) is 13.2 Å². The number of benzene rings is 2. The summed E-state index contributed by atoms with van der Waals surface area (Å²) >= 11 is 5.93. The van der Waals surface area contributed by atoms with Crippen molar-refractivity contribution >= 4 is 39.0 Å². The summed E-state index contributed by atoms with van der Waals surface area (Å²) in [5, 5.41) is 10.6. The van der Waals surface area contributed by atoms with Crippen molar-refractivity contribution in [2.45, 2.75) is 42.5 Å². The Morgan fingerprint density at radius 1 is 1.16 bits per heavy atom. The molecule has 38 heavy (non-hydrogen) atoms. The van der Waals surface area contributed by atoms with Gasteiger partial charge in [-0.3, -0.25) is 4.79 Å². The van der Waals surface area contributed by atoms with E-state index in [-0.39, 0.29) is 42.5 Å². The van der Waals surface area contributed by atoms with Crippen LogP contribution in [0.25, 0.3) is 11.5 Å². The molecule has 1 saturated carbocycles. The second kappa shape index (κ2) is 9.50. The minimum Gasteiger partial charge on any atom is -0.403 e. The molecule has 1 amide bonds. The van der Waals surface area contributed by atoms with Gasteiger partial charge in [0, 0.05) is 11.1 Å². The van der Waals surface area contributed by atoms with E-state index in [0.717, 1.165) is 17.0 Å². The van der Waals surface area contributed by atoms with Crippen molar-refractivity contribution in [1.82, 2.24) is 10.2 Å². The second-order valence-electron chi connectivity index (χ2n) is 9.20. The second-order valence-corrected chi connectivity index (χ2v) is 11.6. The number of sulfone groups is 1. The van der Waals surface area contributed by atoms with Gasteiger partial charge in [0.2, 0.25) is 5.91 Å². The van der Waals surface area contributed by atoms with Gasteiger partial charge in [-0.05, 0) is 42.7 Å². The van der Waals surface area contributed by atoms with Gasteiger partial charge < -0.3 is 20.4 Å². The first-order chi connectivity index (χ1) is 17.8. The van der Waals surface area contributed by atoms with Crippen molar-refractivity contribution in [1.29, 1.82) is 0 Å². The highest BCUT2D eigenvalue weighted by Gasteiger charge is 2.48. The molecule has 0 bridgehead atoms. The average molecular weight is 574 g/mol. The minimum absolute atomic E-state index is 0.0873. The van der Waals surface area contributed by atoms with E-state index in [4.69, 9.17) is 21.8 Å². The molecule has 1 aliphatic carbocycles. The van der Waals surface area contributed by atoms with Crippen LogP contribution in [0.1, 0.15) is 18.4 Å². The molecule has 0 radical (unpaired) electrons. The lowest BCUT2D eigenvalue weighted by Crippen LogP contribution is -2.45. The maximum atomic E-state index is 15.2. The van der Waals surface area contributed by atoms with Gasteiger partial charge in [-0.15, -0.1) is 5.10 Å². The lowest BCUT2D eigenvalue weighted by Gasteiger charge is -2.36. The maximum Gasteiger partial charge on any atom is 0.391 e. The molecule has 2 heterocycles. The summed E-state index contributed by atoms with van der Waals surface area (Å²) in [6.07, 6.45) is -4.63. The number of fused-ring (bicyclic) bond motifs is 1. The van der Waals surface area contributed by atoms with Crippen LogP contribution >= 0.6 is 11.6 Å². The van der Waals surface area contributed by atoms with Crippen LogP contribution in [0.5, 0.6) is 0 Å². The van der Waals surface area contributed by atoms with E-state index < -0.39 is 56.4 Å². The molecule has 9 nitrogen and oxygen atoms in total. The van der Waals surface area contributed by atoms with Crippen LogP contribution in [0.2, 0.25) is 5.02 Å². The normalized spacial score (nSPS) is 22.9. The number of aromatic nitrogens is 2. The average Bonchev–Trinajstić information content (AvgIpc) is 3.25. The number of nitrogens with zero attached hydrogens (tertiary/aromatic N) is 3. The summed E-state index contributed by atoms with van der Waals surface area (Å²) in [5.41, 5.74) is 6.06. The van der Waals surface area contributed by atoms with Gasteiger partial charge in [0.25, 0.3) is 5.89 Å². The fourth-order valence-electron chi connectivity index (χ4n) is 4.39. The van der Waals surface area contributed by atoms with Crippen LogP contribution in [0, 0.1) is 11.7 Å². The van der Waals surface area contributed by atoms with Crippen LogP contribution in [-0.4, -0.2) is 48.5 Å². The molecule has 15 heteroatoms. The molecule has 0 spiro atoms. The molecule has 1 aromatic heterocycles. The summed E-state index contributed by atoms with van der Waals surface area (Å²) in [7, 11) is -4.16. The Hall–Kier alpha value is -3.23. The first-order valence-electron chi connectivity index (χ1n) is 11.4. The molecule has 2 aromatic carbocycles. The number of hydrogen-bond acceptors (Lipinski definition) is 8. The number of carbonyl (C=O) groups is 1. The standard InChI is InChI=1S/C23H20ClF4N5O4S/c24-13-3-1-11(2-4-13)9-33-18-7-15(16(25)8-19(18)38(35,36)10-17(29)21(33)34)20-31-32-22(37-20)30-14-5-12(6-14)23(26,27)28/h1-4,7-8,12,14,17H,5-6,9-10,29H2,(H,30,32)/t12?,14?,17-/m0/s1. The van der Waals surface area contributed by atoms with Gasteiger partial charge in [-0.1, -0.05) is 28.8 Å². The van der Waals surface area contributed by atoms with Gasteiger partial charge >= 0.3 is 12.2 Å². The number of anilines is 2. The smallest absolute Gasteiger partial charge is 0.391 e. The van der Waals surface area contributed by atoms with Crippen LogP contribution in [0.4, 0.5) is 29.3 Å². The monoisotopic (exact) mass is 573 g/mol. The van der Waals surface area contributed by atoms with Gasteiger partial charge in [0.1, 0.15) is 5.82 Å². The number of amides is 1.